The van der Waals surface area contributed by atoms with E-state index in [1.165, 1.54) is 4.90 Å². The van der Waals surface area contributed by atoms with E-state index in [4.69, 9.17) is 9.84 Å². The summed E-state index contributed by atoms with van der Waals surface area (Å²) in [5.41, 5.74) is -0.611. The molecule has 0 unspecified atom stereocenters. The molecule has 21 heavy (non-hydrogen) atoms. The van der Waals surface area contributed by atoms with E-state index < -0.39 is 29.6 Å². The van der Waals surface area contributed by atoms with Gasteiger partial charge in [-0.15, -0.1) is 0 Å². The van der Waals surface area contributed by atoms with E-state index >= 15 is 0 Å². The van der Waals surface area contributed by atoms with Crippen molar-refractivity contribution in [2.45, 2.75) is 58.6 Å². The molecule has 0 aromatic rings. The molecule has 2 N–H and O–H groups in total. The number of carboxylic acids is 1. The second-order valence-corrected chi connectivity index (χ2v) is 5.89. The molecule has 0 aromatic carbocycles. The van der Waals surface area contributed by atoms with Crippen LogP contribution in [0.2, 0.25) is 0 Å². The van der Waals surface area contributed by atoms with Crippen LogP contribution in [0.5, 0.6) is 0 Å². The first-order chi connectivity index (χ1) is 9.56. The Morgan fingerprint density at radius 1 is 1.29 bits per heavy atom. The first kappa shape index (κ1) is 19.2. The van der Waals surface area contributed by atoms with Gasteiger partial charge < -0.3 is 20.1 Å². The van der Waals surface area contributed by atoms with Crippen LogP contribution in [0.15, 0.2) is 0 Å². The van der Waals surface area contributed by atoms with Crippen molar-refractivity contribution < 1.29 is 24.2 Å². The minimum atomic E-state index is -1.17. The molecule has 0 saturated carbocycles. The first-order valence-corrected chi connectivity index (χ1v) is 7.03. The van der Waals surface area contributed by atoms with Gasteiger partial charge in [-0.25, -0.2) is 9.59 Å². The molecule has 2 amide bonds. The maximum absolute atomic E-state index is 11.8. The van der Waals surface area contributed by atoms with Crippen molar-refractivity contribution in [2.24, 2.45) is 0 Å². The van der Waals surface area contributed by atoms with Gasteiger partial charge in [0.05, 0.1) is 0 Å². The van der Waals surface area contributed by atoms with Gasteiger partial charge in [0, 0.05) is 20.0 Å². The third-order valence-electron chi connectivity index (χ3n) is 2.56. The molecule has 0 aliphatic heterocycles. The van der Waals surface area contributed by atoms with Gasteiger partial charge in [0.15, 0.2) is 0 Å². The van der Waals surface area contributed by atoms with E-state index in [0.29, 0.717) is 6.54 Å². The highest BCUT2D eigenvalue weighted by molar-refractivity contribution is 5.83. The molecular formula is C14H26N2O5. The van der Waals surface area contributed by atoms with Crippen molar-refractivity contribution in [1.82, 2.24) is 10.2 Å². The lowest BCUT2D eigenvalue weighted by Crippen LogP contribution is -2.47. The molecule has 0 radical (unpaired) electrons. The van der Waals surface area contributed by atoms with Crippen LogP contribution in [0.25, 0.3) is 0 Å². The zero-order chi connectivity index (χ0) is 16.6. The summed E-state index contributed by atoms with van der Waals surface area (Å²) in [6.07, 6.45) is 0.710. The zero-order valence-electron chi connectivity index (χ0n) is 13.4. The maximum Gasteiger partial charge on any atom is 0.326 e. The summed E-state index contributed by atoms with van der Waals surface area (Å²) in [5, 5.41) is 11.5. The van der Waals surface area contributed by atoms with Crippen molar-refractivity contribution in [3.8, 4) is 0 Å². The lowest BCUT2D eigenvalue weighted by Gasteiger charge is -2.22. The fourth-order valence-electron chi connectivity index (χ4n) is 1.61. The highest BCUT2D eigenvalue weighted by Crippen LogP contribution is 2.10. The Kier molecular flexibility index (Phi) is 7.76. The molecule has 0 saturated heterocycles. The number of rotatable bonds is 7. The zero-order valence-corrected chi connectivity index (χ0v) is 13.4. The minimum absolute atomic E-state index is 0.00402. The molecule has 0 spiro atoms. The average molecular weight is 302 g/mol. The normalized spacial score (nSPS) is 12.4. The summed E-state index contributed by atoms with van der Waals surface area (Å²) in [6, 6.07) is -1.57. The molecule has 7 nitrogen and oxygen atoms in total. The lowest BCUT2D eigenvalue weighted by molar-refractivity contribution is -0.155. The Hall–Kier alpha value is -1.79. The Bertz CT molecular complexity index is 376. The number of carbonyl (C=O) groups is 3. The van der Waals surface area contributed by atoms with Crippen LogP contribution >= 0.6 is 0 Å². The van der Waals surface area contributed by atoms with Gasteiger partial charge in [-0.3, -0.25) is 4.79 Å². The number of nitrogens with zero attached hydrogens (tertiary/aromatic N) is 1. The smallest absolute Gasteiger partial charge is 0.326 e. The number of amides is 2. The van der Waals surface area contributed by atoms with Gasteiger partial charge in [-0.1, -0.05) is 6.92 Å². The Labute approximate surface area is 125 Å². The molecule has 0 fully saturated rings. The summed E-state index contributed by atoms with van der Waals surface area (Å²) in [6.45, 7) is 7.66. The predicted octanol–water partition coefficient (Wildman–Crippen LogP) is 1.61. The third-order valence-corrected chi connectivity index (χ3v) is 2.56. The van der Waals surface area contributed by atoms with Crippen molar-refractivity contribution >= 4 is 18.0 Å². The molecule has 0 heterocycles. The van der Waals surface area contributed by atoms with E-state index in [2.05, 4.69) is 5.32 Å². The van der Waals surface area contributed by atoms with Crippen LogP contribution in [0.3, 0.4) is 0 Å². The van der Waals surface area contributed by atoms with Gasteiger partial charge in [0.25, 0.3) is 0 Å². The Morgan fingerprint density at radius 2 is 1.86 bits per heavy atom. The number of esters is 1. The molecule has 7 heteroatoms. The van der Waals surface area contributed by atoms with E-state index in [9.17, 15) is 14.4 Å². The average Bonchev–Trinajstić information content (AvgIpc) is 2.31. The summed E-state index contributed by atoms with van der Waals surface area (Å²) >= 11 is 0. The van der Waals surface area contributed by atoms with Crippen molar-refractivity contribution in [3.05, 3.63) is 0 Å². The number of carbonyl (C=O) groups excluding carboxylic acids is 2. The topological polar surface area (TPSA) is 95.9 Å². The third kappa shape index (κ3) is 8.88. The first-order valence-electron chi connectivity index (χ1n) is 7.03. The van der Waals surface area contributed by atoms with E-state index in [0.717, 1.165) is 6.42 Å². The Balaban J connectivity index is 4.42. The molecule has 0 rings (SSSR count). The molecule has 0 bridgehead atoms. The molecule has 0 aromatic heterocycles. The van der Waals surface area contributed by atoms with Crippen molar-refractivity contribution in [1.29, 1.82) is 0 Å². The van der Waals surface area contributed by atoms with Gasteiger partial charge in [0.1, 0.15) is 11.6 Å². The van der Waals surface area contributed by atoms with E-state index in [1.807, 2.05) is 6.92 Å². The fraction of sp³-hybridized carbons (Fsp3) is 0.786. The van der Waals surface area contributed by atoms with Crippen LogP contribution in [0.1, 0.15) is 47.0 Å². The molecule has 0 aliphatic carbocycles. The number of hydrogen-bond acceptors (Lipinski definition) is 4. The van der Waals surface area contributed by atoms with Crippen LogP contribution in [-0.4, -0.2) is 53.2 Å². The van der Waals surface area contributed by atoms with Crippen LogP contribution in [-0.2, 0) is 14.3 Å². The van der Waals surface area contributed by atoms with Crippen LogP contribution in [0, 0.1) is 0 Å². The second-order valence-electron chi connectivity index (χ2n) is 5.89. The van der Waals surface area contributed by atoms with Crippen LogP contribution in [0.4, 0.5) is 4.79 Å². The van der Waals surface area contributed by atoms with Gasteiger partial charge in [0.2, 0.25) is 0 Å². The summed E-state index contributed by atoms with van der Waals surface area (Å²) in [5.74, 6) is -1.65. The van der Waals surface area contributed by atoms with Gasteiger partial charge in [-0.05, 0) is 33.6 Å². The van der Waals surface area contributed by atoms with E-state index in [-0.39, 0.29) is 12.8 Å². The highest BCUT2D eigenvalue weighted by Gasteiger charge is 2.24. The summed E-state index contributed by atoms with van der Waals surface area (Å²) in [4.78, 5) is 35.9. The Morgan fingerprint density at radius 3 is 2.29 bits per heavy atom. The van der Waals surface area contributed by atoms with Gasteiger partial charge >= 0.3 is 18.0 Å². The number of ether oxygens (including phenoxy) is 1. The number of carboxylic acid groups (broad SMARTS) is 1. The van der Waals surface area contributed by atoms with Gasteiger partial charge in [-0.2, -0.15) is 0 Å². The molecule has 1 atom stereocenters. The highest BCUT2D eigenvalue weighted by atomic mass is 16.6. The molecule has 0 aliphatic rings. The minimum Gasteiger partial charge on any atom is -0.480 e. The monoisotopic (exact) mass is 302 g/mol. The largest absolute Gasteiger partial charge is 0.480 e. The molecule has 122 valence electrons. The maximum atomic E-state index is 11.8. The predicted molar refractivity (Wildman–Crippen MR) is 78.0 cm³/mol. The standard InChI is InChI=1S/C14H26N2O5/c1-6-9-16(5)13(20)15-10(12(18)19)7-8-11(17)21-14(2,3)4/h10H,6-9H2,1-5H3,(H,15,20)(H,18,19)/t10-/m1/s1. The quantitative estimate of drug-likeness (QED) is 0.697. The fourth-order valence-corrected chi connectivity index (χ4v) is 1.61. The summed E-state index contributed by atoms with van der Waals surface area (Å²) in [7, 11) is 1.59. The summed E-state index contributed by atoms with van der Waals surface area (Å²) < 4.78 is 5.10. The van der Waals surface area contributed by atoms with Crippen molar-refractivity contribution in [3.63, 3.8) is 0 Å². The number of nitrogens with one attached hydrogen (secondary N) is 1. The van der Waals surface area contributed by atoms with Crippen LogP contribution < -0.4 is 5.32 Å². The number of aliphatic carboxylic acids is 1. The number of hydrogen-bond donors (Lipinski definition) is 2. The lowest BCUT2D eigenvalue weighted by atomic mass is 10.1. The van der Waals surface area contributed by atoms with Crippen molar-refractivity contribution in [2.75, 3.05) is 13.6 Å². The molecular weight excluding hydrogens is 276 g/mol. The second kappa shape index (κ2) is 8.49. The van der Waals surface area contributed by atoms with E-state index in [1.54, 1.807) is 27.8 Å². The number of urea groups is 1. The SMILES string of the molecule is CCCN(C)C(=O)N[C@H](CCC(=O)OC(C)(C)C)C(=O)O.